The second-order valence-corrected chi connectivity index (χ2v) is 9.87. The zero-order valence-electron chi connectivity index (χ0n) is 23.9. The van der Waals surface area contributed by atoms with Crippen molar-refractivity contribution < 1.29 is 24.2 Å². The van der Waals surface area contributed by atoms with Gasteiger partial charge < -0.3 is 24.4 Å². The molecule has 0 unspecified atom stereocenters. The van der Waals surface area contributed by atoms with Crippen LogP contribution in [-0.2, 0) is 9.59 Å². The zero-order valence-corrected chi connectivity index (χ0v) is 23.9. The number of rotatable bonds is 16. The number of aliphatic hydroxyl groups excluding tert-OH is 1. The number of hydrogen-bond donors (Lipinski definition) is 1. The number of ketones is 1. The molecule has 0 saturated carbocycles. The summed E-state index contributed by atoms with van der Waals surface area (Å²) in [6, 6.07) is 13.8. The Balaban J connectivity index is 1.93. The van der Waals surface area contributed by atoms with Gasteiger partial charge in [-0.1, -0.05) is 52.7 Å². The molecule has 0 bridgehead atoms. The molecule has 1 fully saturated rings. The third kappa shape index (κ3) is 7.85. The zero-order chi connectivity index (χ0) is 28.2. The van der Waals surface area contributed by atoms with Crippen molar-refractivity contribution in [2.24, 2.45) is 0 Å². The SMILES string of the molecule is CCCCCOc1ccc([C@H]2C(=C(O)c3ccc(OCCC)cc3)C(=O)C(=O)N2CCCN(CC)CC)cc1. The lowest BCUT2D eigenvalue weighted by Crippen LogP contribution is -2.33. The maximum Gasteiger partial charge on any atom is 0.295 e. The Hall–Kier alpha value is -3.32. The van der Waals surface area contributed by atoms with Crippen molar-refractivity contribution >= 4 is 17.4 Å². The van der Waals surface area contributed by atoms with Crippen LogP contribution in [0.2, 0.25) is 0 Å². The average molecular weight is 537 g/mol. The molecular formula is C32H44N2O5. The summed E-state index contributed by atoms with van der Waals surface area (Å²) in [5.41, 5.74) is 1.35. The number of likely N-dealkylation sites (tertiary alicyclic amines) is 1. The van der Waals surface area contributed by atoms with Crippen molar-refractivity contribution in [1.29, 1.82) is 0 Å². The van der Waals surface area contributed by atoms with E-state index in [1.54, 1.807) is 29.2 Å². The highest BCUT2D eigenvalue weighted by molar-refractivity contribution is 6.46. The minimum Gasteiger partial charge on any atom is -0.507 e. The van der Waals surface area contributed by atoms with Gasteiger partial charge in [0, 0.05) is 12.1 Å². The number of nitrogens with zero attached hydrogens (tertiary/aromatic N) is 2. The van der Waals surface area contributed by atoms with E-state index in [9.17, 15) is 14.7 Å². The lowest BCUT2D eigenvalue weighted by Gasteiger charge is -2.27. The van der Waals surface area contributed by atoms with Gasteiger partial charge in [-0.25, -0.2) is 0 Å². The lowest BCUT2D eigenvalue weighted by atomic mass is 9.95. The first-order valence-electron chi connectivity index (χ1n) is 14.4. The van der Waals surface area contributed by atoms with E-state index in [2.05, 4.69) is 25.7 Å². The van der Waals surface area contributed by atoms with E-state index < -0.39 is 17.7 Å². The molecule has 1 N–H and O–H groups in total. The molecule has 1 heterocycles. The van der Waals surface area contributed by atoms with Crippen molar-refractivity contribution in [1.82, 2.24) is 9.80 Å². The van der Waals surface area contributed by atoms with E-state index >= 15 is 0 Å². The summed E-state index contributed by atoms with van der Waals surface area (Å²) in [7, 11) is 0. The van der Waals surface area contributed by atoms with Gasteiger partial charge in [-0.15, -0.1) is 0 Å². The van der Waals surface area contributed by atoms with Crippen LogP contribution < -0.4 is 9.47 Å². The van der Waals surface area contributed by atoms with Gasteiger partial charge in [0.05, 0.1) is 24.8 Å². The number of hydrogen-bond acceptors (Lipinski definition) is 6. The van der Waals surface area contributed by atoms with E-state index in [1.807, 2.05) is 31.2 Å². The highest BCUT2D eigenvalue weighted by Crippen LogP contribution is 2.40. The third-order valence-electron chi connectivity index (χ3n) is 7.12. The van der Waals surface area contributed by atoms with Crippen LogP contribution in [-0.4, -0.2) is 66.0 Å². The number of amides is 1. The smallest absolute Gasteiger partial charge is 0.295 e. The molecule has 1 saturated heterocycles. The number of aliphatic hydroxyl groups is 1. The first-order valence-corrected chi connectivity index (χ1v) is 14.4. The Morgan fingerprint density at radius 1 is 0.821 bits per heavy atom. The number of ether oxygens (including phenoxy) is 2. The highest BCUT2D eigenvalue weighted by atomic mass is 16.5. The normalized spacial score (nSPS) is 16.7. The van der Waals surface area contributed by atoms with Crippen LogP contribution in [0.1, 0.15) is 77.0 Å². The second kappa shape index (κ2) is 15.3. The molecule has 7 heteroatoms. The molecule has 3 rings (SSSR count). The Kier molecular flexibility index (Phi) is 11.9. The summed E-state index contributed by atoms with van der Waals surface area (Å²) < 4.78 is 11.5. The molecule has 7 nitrogen and oxygen atoms in total. The molecule has 1 aliphatic rings. The van der Waals surface area contributed by atoms with Crippen LogP contribution in [0, 0.1) is 0 Å². The van der Waals surface area contributed by atoms with Gasteiger partial charge in [-0.3, -0.25) is 9.59 Å². The molecule has 0 aromatic heterocycles. The van der Waals surface area contributed by atoms with E-state index in [-0.39, 0.29) is 11.3 Å². The van der Waals surface area contributed by atoms with Crippen molar-refractivity contribution in [3.05, 3.63) is 65.2 Å². The number of Topliss-reactive ketones (excluding diaryl/α,β-unsaturated/α-hetero) is 1. The van der Waals surface area contributed by atoms with Crippen LogP contribution >= 0.6 is 0 Å². The van der Waals surface area contributed by atoms with Crippen molar-refractivity contribution in [2.45, 2.75) is 65.8 Å². The predicted molar refractivity (Wildman–Crippen MR) is 155 cm³/mol. The van der Waals surface area contributed by atoms with Crippen LogP contribution in [0.25, 0.3) is 5.76 Å². The van der Waals surface area contributed by atoms with E-state index in [1.165, 1.54) is 0 Å². The van der Waals surface area contributed by atoms with Crippen LogP contribution in [0.3, 0.4) is 0 Å². The maximum atomic E-state index is 13.3. The van der Waals surface area contributed by atoms with E-state index in [0.717, 1.165) is 63.1 Å². The molecule has 0 radical (unpaired) electrons. The van der Waals surface area contributed by atoms with Crippen molar-refractivity contribution in [3.63, 3.8) is 0 Å². The molecule has 0 aliphatic carbocycles. The monoisotopic (exact) mass is 536 g/mol. The molecule has 0 spiro atoms. The van der Waals surface area contributed by atoms with E-state index in [0.29, 0.717) is 31.1 Å². The van der Waals surface area contributed by atoms with Crippen molar-refractivity contribution in [3.8, 4) is 11.5 Å². The Bertz CT molecular complexity index is 1090. The first-order chi connectivity index (χ1) is 18.9. The fourth-order valence-corrected chi connectivity index (χ4v) is 4.83. The minimum atomic E-state index is -0.674. The topological polar surface area (TPSA) is 79.3 Å². The third-order valence-corrected chi connectivity index (χ3v) is 7.12. The molecule has 2 aromatic carbocycles. The van der Waals surface area contributed by atoms with E-state index in [4.69, 9.17) is 9.47 Å². The fourth-order valence-electron chi connectivity index (χ4n) is 4.83. The van der Waals surface area contributed by atoms with Crippen molar-refractivity contribution in [2.75, 3.05) is 39.4 Å². The van der Waals surface area contributed by atoms with Gasteiger partial charge in [-0.2, -0.15) is 0 Å². The average Bonchev–Trinajstić information content (AvgIpc) is 3.21. The van der Waals surface area contributed by atoms with Gasteiger partial charge in [0.25, 0.3) is 11.7 Å². The molecule has 39 heavy (non-hydrogen) atoms. The lowest BCUT2D eigenvalue weighted by molar-refractivity contribution is -0.140. The predicted octanol–water partition coefficient (Wildman–Crippen LogP) is 6.20. The molecular weight excluding hydrogens is 492 g/mol. The summed E-state index contributed by atoms with van der Waals surface area (Å²) in [5.74, 6) is 0.0225. The minimum absolute atomic E-state index is 0.113. The van der Waals surface area contributed by atoms with Crippen LogP contribution in [0.15, 0.2) is 54.1 Å². The number of benzene rings is 2. The summed E-state index contributed by atoms with van der Waals surface area (Å²) >= 11 is 0. The van der Waals surface area contributed by atoms with Gasteiger partial charge in [0.1, 0.15) is 17.3 Å². The molecule has 1 amide bonds. The molecule has 212 valence electrons. The van der Waals surface area contributed by atoms with Gasteiger partial charge >= 0.3 is 0 Å². The molecule has 2 aromatic rings. The quantitative estimate of drug-likeness (QED) is 0.119. The largest absolute Gasteiger partial charge is 0.507 e. The maximum absolute atomic E-state index is 13.3. The number of unbranched alkanes of at least 4 members (excludes halogenated alkanes) is 2. The van der Waals surface area contributed by atoms with Crippen LogP contribution in [0.4, 0.5) is 0 Å². The fraction of sp³-hybridized carbons (Fsp3) is 0.500. The van der Waals surface area contributed by atoms with Crippen LogP contribution in [0.5, 0.6) is 11.5 Å². The summed E-state index contributed by atoms with van der Waals surface area (Å²) in [6.45, 7) is 12.8. The summed E-state index contributed by atoms with van der Waals surface area (Å²) in [6.07, 6.45) is 4.86. The summed E-state index contributed by atoms with van der Waals surface area (Å²) in [4.78, 5) is 30.5. The Labute approximate surface area is 233 Å². The number of carbonyl (C=O) groups is 2. The van der Waals surface area contributed by atoms with Gasteiger partial charge in [0.2, 0.25) is 0 Å². The van der Waals surface area contributed by atoms with Gasteiger partial charge in [0.15, 0.2) is 0 Å². The first kappa shape index (κ1) is 30.2. The Morgan fingerprint density at radius 3 is 2.03 bits per heavy atom. The molecule has 1 aliphatic heterocycles. The Morgan fingerprint density at radius 2 is 1.44 bits per heavy atom. The standard InChI is InChI=1S/C32H44N2O5/c1-5-9-10-23-39-27-16-12-24(13-17-27)29-28(30(35)25-14-18-26(19-15-25)38-22-6-2)31(36)32(37)34(29)21-11-20-33(7-3)8-4/h12-19,29,35H,5-11,20-23H2,1-4H3/t29-/m0/s1. The van der Waals surface area contributed by atoms with Gasteiger partial charge in [-0.05, 0) is 80.9 Å². The highest BCUT2D eigenvalue weighted by Gasteiger charge is 2.45. The molecule has 1 atom stereocenters. The number of carbonyl (C=O) groups excluding carboxylic acids is 2. The summed E-state index contributed by atoms with van der Waals surface area (Å²) in [5, 5.41) is 11.3. The second-order valence-electron chi connectivity index (χ2n) is 9.87.